The summed E-state index contributed by atoms with van der Waals surface area (Å²) < 4.78 is 28.1. The van der Waals surface area contributed by atoms with E-state index in [0.29, 0.717) is 42.4 Å². The molecule has 2 amide bonds. The zero-order valence-corrected chi connectivity index (χ0v) is 20.3. The molecule has 1 unspecified atom stereocenters. The first-order valence-corrected chi connectivity index (χ1v) is 11.4. The van der Waals surface area contributed by atoms with Crippen molar-refractivity contribution >= 4 is 52.5 Å². The number of rotatable bonds is 11. The molecule has 8 nitrogen and oxygen atoms in total. The maximum absolute atomic E-state index is 11.7. The molecule has 0 spiro atoms. The topological polar surface area (TPSA) is 92.3 Å². The molecule has 1 saturated heterocycles. The van der Waals surface area contributed by atoms with Gasteiger partial charge in [-0.3, -0.25) is 14.9 Å². The van der Waals surface area contributed by atoms with Crippen LogP contribution in [0.15, 0.2) is 24.3 Å². The molecule has 180 valence electrons. The van der Waals surface area contributed by atoms with E-state index < -0.39 is 0 Å². The summed E-state index contributed by atoms with van der Waals surface area (Å²) in [6, 6.07) is 7.58. The second-order valence-corrected chi connectivity index (χ2v) is 8.60. The third-order valence-electron chi connectivity index (χ3n) is 5.45. The zero-order chi connectivity index (χ0) is 24.0. The minimum atomic E-state index is -0.374. The summed E-state index contributed by atoms with van der Waals surface area (Å²) in [5.74, 6) is 2.77. The molecule has 10 heteroatoms. The van der Waals surface area contributed by atoms with E-state index in [9.17, 15) is 9.59 Å². The molecule has 2 aromatic rings. The third-order valence-corrected chi connectivity index (χ3v) is 6.44. The Kier molecular flexibility index (Phi) is 10.9. The van der Waals surface area contributed by atoms with Gasteiger partial charge in [0.05, 0.1) is 40.3 Å². The second-order valence-electron chi connectivity index (χ2n) is 7.42. The van der Waals surface area contributed by atoms with Crippen molar-refractivity contribution in [2.45, 2.75) is 31.4 Å². The van der Waals surface area contributed by atoms with Crippen molar-refractivity contribution in [1.29, 1.82) is 0 Å². The summed E-state index contributed by atoms with van der Waals surface area (Å²) in [5, 5.41) is 1.65. The van der Waals surface area contributed by atoms with Crippen LogP contribution in [0.3, 0.4) is 0 Å². The van der Waals surface area contributed by atoms with Crippen LogP contribution in [0.5, 0.6) is 28.7 Å². The summed E-state index contributed by atoms with van der Waals surface area (Å²) in [5.41, 5.74) is 2.89. The number of carbonyl (C=O) groups excluding carboxylic acids is 2. The summed E-state index contributed by atoms with van der Waals surface area (Å²) in [7, 11) is 6.34. The van der Waals surface area contributed by atoms with Crippen LogP contribution in [0.25, 0.3) is 0 Å². The molecule has 1 aliphatic rings. The van der Waals surface area contributed by atoms with Gasteiger partial charge in [-0.1, -0.05) is 23.9 Å². The average molecular weight is 500 g/mol. The van der Waals surface area contributed by atoms with Gasteiger partial charge in [-0.2, -0.15) is 0 Å². The van der Waals surface area contributed by atoms with Gasteiger partial charge in [-0.15, -0.1) is 0 Å². The molecule has 0 aromatic heterocycles. The monoisotopic (exact) mass is 499 g/mol. The van der Waals surface area contributed by atoms with E-state index in [2.05, 4.69) is 5.32 Å². The molecular weight excluding hydrogens is 469 g/mol. The van der Waals surface area contributed by atoms with Crippen LogP contribution in [0, 0.1) is 6.92 Å². The Labute approximate surface area is 226 Å². The van der Waals surface area contributed by atoms with Crippen LogP contribution >= 0.6 is 11.8 Å². The van der Waals surface area contributed by atoms with Crippen molar-refractivity contribution in [3.8, 4) is 28.7 Å². The Hall–Kier alpha value is -2.07. The molecule has 1 N–H and O–H groups in total. The molecule has 0 radical (unpaired) electrons. The molecule has 1 fully saturated rings. The van der Waals surface area contributed by atoms with Crippen molar-refractivity contribution < 1.29 is 33.3 Å². The van der Waals surface area contributed by atoms with Gasteiger partial charge in [0.15, 0.2) is 11.5 Å². The van der Waals surface area contributed by atoms with Gasteiger partial charge < -0.3 is 23.7 Å². The number of benzene rings is 2. The number of nitrogens with one attached hydrogen (secondary N) is 1. The molecule has 0 aliphatic carbocycles. The number of amides is 2. The fraction of sp³-hybridized carbons (Fsp3) is 0.417. The van der Waals surface area contributed by atoms with E-state index in [4.69, 9.17) is 23.7 Å². The number of thioether (sulfide) groups is 1. The van der Waals surface area contributed by atoms with E-state index in [0.717, 1.165) is 40.6 Å². The fourth-order valence-corrected chi connectivity index (χ4v) is 4.72. The number of imide groups is 1. The molecule has 1 heterocycles. The molecule has 34 heavy (non-hydrogen) atoms. The predicted octanol–water partition coefficient (Wildman–Crippen LogP) is 3.29. The summed E-state index contributed by atoms with van der Waals surface area (Å²) >= 11 is 1.03. The van der Waals surface area contributed by atoms with Crippen LogP contribution in [0.2, 0.25) is 0 Å². The first kappa shape index (κ1) is 28.2. The van der Waals surface area contributed by atoms with Crippen molar-refractivity contribution in [2.75, 3.05) is 35.0 Å². The summed E-state index contributed by atoms with van der Waals surface area (Å²) in [6.07, 6.45) is 1.95. The van der Waals surface area contributed by atoms with Gasteiger partial charge in [-0.05, 0) is 43.9 Å². The summed E-state index contributed by atoms with van der Waals surface area (Å²) in [6.45, 7) is 2.47. The quantitative estimate of drug-likeness (QED) is 0.372. The van der Waals surface area contributed by atoms with E-state index in [1.807, 2.05) is 31.2 Å². The Morgan fingerprint density at radius 1 is 0.882 bits per heavy atom. The number of hydrogen-bond donors (Lipinski definition) is 1. The first-order valence-electron chi connectivity index (χ1n) is 10.5. The zero-order valence-electron chi connectivity index (χ0n) is 19.5. The van der Waals surface area contributed by atoms with Gasteiger partial charge >= 0.3 is 29.6 Å². The Morgan fingerprint density at radius 2 is 1.47 bits per heavy atom. The van der Waals surface area contributed by atoms with Crippen LogP contribution in [-0.4, -0.2) is 81.0 Å². The Morgan fingerprint density at radius 3 is 2.00 bits per heavy atom. The number of ether oxygens (including phenoxy) is 5. The van der Waals surface area contributed by atoms with Gasteiger partial charge in [0, 0.05) is 11.1 Å². The van der Waals surface area contributed by atoms with Crippen molar-refractivity contribution in [3.05, 3.63) is 41.0 Å². The number of hydrogen-bond acceptors (Lipinski definition) is 8. The molecule has 3 rings (SSSR count). The Bertz CT molecular complexity index is 1010. The maximum atomic E-state index is 11.7. The van der Waals surface area contributed by atoms with Crippen LogP contribution in [0.4, 0.5) is 4.79 Å². The minimum absolute atomic E-state index is 0. The van der Waals surface area contributed by atoms with Gasteiger partial charge in [0.1, 0.15) is 5.75 Å². The number of carbonyl (C=O) groups is 2. The standard InChI is InChI=1S/C24H29NO7S.Na.H/c1-14-17(20(29-3)22(31-5)21(30-4)19(14)28-2)7-6-12-32-16-10-8-15(9-11-16)13-18-23(26)25-24(27)33-18;;/h8-11,18H,6-7,12-13H2,1-5H3,(H,25,26,27);;. The van der Waals surface area contributed by atoms with Crippen molar-refractivity contribution in [1.82, 2.24) is 5.32 Å². The molecule has 2 aromatic carbocycles. The molecule has 0 saturated carbocycles. The molecule has 1 aliphatic heterocycles. The van der Waals surface area contributed by atoms with E-state index in [1.165, 1.54) is 0 Å². The van der Waals surface area contributed by atoms with Crippen LogP contribution < -0.4 is 29.0 Å². The van der Waals surface area contributed by atoms with Crippen LogP contribution in [0.1, 0.15) is 23.1 Å². The Balaban J connectivity index is 0.00000408. The molecule has 0 bridgehead atoms. The molecule has 1 atom stereocenters. The fourth-order valence-electron chi connectivity index (χ4n) is 3.86. The predicted molar refractivity (Wildman–Crippen MR) is 133 cm³/mol. The normalized spacial score (nSPS) is 14.8. The van der Waals surface area contributed by atoms with E-state index in [-0.39, 0.29) is 46.0 Å². The van der Waals surface area contributed by atoms with E-state index >= 15 is 0 Å². The first-order chi connectivity index (χ1) is 15.9. The van der Waals surface area contributed by atoms with Gasteiger partial charge in [0.25, 0.3) is 5.24 Å². The van der Waals surface area contributed by atoms with Crippen molar-refractivity contribution in [2.24, 2.45) is 0 Å². The van der Waals surface area contributed by atoms with Crippen LogP contribution in [-0.2, 0) is 17.6 Å². The number of methoxy groups -OCH3 is 4. The summed E-state index contributed by atoms with van der Waals surface area (Å²) in [4.78, 5) is 23.0. The SMILES string of the molecule is COc1c(C)c(CCCOc2ccc(CC3SC(=O)NC3=O)cc2)c(OC)c(OC)c1OC.[NaH]. The van der Waals surface area contributed by atoms with E-state index in [1.54, 1.807) is 28.4 Å². The third kappa shape index (κ3) is 6.33. The van der Waals surface area contributed by atoms with Gasteiger partial charge in [0.2, 0.25) is 17.4 Å². The second kappa shape index (κ2) is 13.1. The molecular formula is C24H30NNaO7S. The van der Waals surface area contributed by atoms with Gasteiger partial charge in [-0.25, -0.2) is 0 Å². The average Bonchev–Trinajstić information content (AvgIpc) is 3.13. The van der Waals surface area contributed by atoms with Crippen molar-refractivity contribution in [3.63, 3.8) is 0 Å².